The summed E-state index contributed by atoms with van der Waals surface area (Å²) in [4.78, 5) is 52.1. The maximum Gasteiger partial charge on any atom is 0.340 e. The molecule has 2 unspecified atom stereocenters. The standard InChI is InChI=1S/C36H42N8O5SSi/c1-34(2,32(47)48-21-22-51(3,4)5)49-44-50-25-29(23-30(45)39-35(42-43-37)24-31(46)40-35)38-33(50)41-36(26-15-9-6-10-16-26,27-17-11-7-12-18-27)28-19-13-8-14-20-28/h6-20,25H,21-24H2,1-5H3,(H,38,41)(H,39,45)(H,40,46). The number of hydrogen-bond donors (Lipinski definition) is 3. The van der Waals surface area contributed by atoms with Crippen LogP contribution >= 0.6 is 0 Å². The van der Waals surface area contributed by atoms with Crippen molar-refractivity contribution in [3.63, 3.8) is 0 Å². The number of ether oxygens (including phenoxy) is 1. The fourth-order valence-electron chi connectivity index (χ4n) is 5.44. The van der Waals surface area contributed by atoms with E-state index in [9.17, 15) is 14.4 Å². The molecule has 2 heterocycles. The van der Waals surface area contributed by atoms with Crippen molar-refractivity contribution in [3.8, 4) is 0 Å². The molecule has 266 valence electrons. The molecule has 0 aliphatic carbocycles. The highest BCUT2D eigenvalue weighted by molar-refractivity contribution is 8.05. The molecular formula is C36H42N8O5SSi. The summed E-state index contributed by atoms with van der Waals surface area (Å²) in [5.41, 5.74) is 9.64. The lowest BCUT2D eigenvalue weighted by Gasteiger charge is -2.38. The maximum atomic E-state index is 13.2. The summed E-state index contributed by atoms with van der Waals surface area (Å²) in [5.74, 6) is -2.94. The van der Waals surface area contributed by atoms with Crippen molar-refractivity contribution in [1.82, 2.24) is 16.0 Å². The summed E-state index contributed by atoms with van der Waals surface area (Å²) >= 11 is 0. The lowest BCUT2D eigenvalue weighted by atomic mass is 9.77. The van der Waals surface area contributed by atoms with Gasteiger partial charge >= 0.3 is 5.97 Å². The van der Waals surface area contributed by atoms with Gasteiger partial charge in [0.05, 0.1) is 19.4 Å². The van der Waals surface area contributed by atoms with E-state index in [1.165, 1.54) is 0 Å². The molecule has 1 fully saturated rings. The maximum absolute atomic E-state index is 13.2. The van der Waals surface area contributed by atoms with Gasteiger partial charge in [-0.05, 0) is 47.2 Å². The molecule has 13 nitrogen and oxygen atoms in total. The predicted octanol–water partition coefficient (Wildman–Crippen LogP) is 6.16. The number of benzene rings is 3. The summed E-state index contributed by atoms with van der Waals surface area (Å²) < 4.78 is 10.1. The molecule has 3 aromatic carbocycles. The van der Waals surface area contributed by atoms with Crippen molar-refractivity contribution in [2.24, 2.45) is 14.6 Å². The molecule has 2 amide bonds. The Kier molecular flexibility index (Phi) is 11.3. The molecule has 0 bridgehead atoms. The van der Waals surface area contributed by atoms with Crippen LogP contribution in [0.5, 0.6) is 0 Å². The normalized spacial score (nSPS) is 19.6. The number of amidine groups is 1. The Bertz CT molecular complexity index is 1800. The van der Waals surface area contributed by atoms with Crippen LogP contribution in [0.2, 0.25) is 25.7 Å². The zero-order valence-electron chi connectivity index (χ0n) is 29.3. The van der Waals surface area contributed by atoms with Gasteiger partial charge in [-0.1, -0.05) is 115 Å². The van der Waals surface area contributed by atoms with Gasteiger partial charge in [0.2, 0.25) is 17.6 Å². The second kappa shape index (κ2) is 15.4. The molecule has 2 aliphatic heterocycles. The van der Waals surface area contributed by atoms with E-state index in [2.05, 4.69) is 50.1 Å². The molecule has 5 rings (SSSR count). The van der Waals surface area contributed by atoms with Gasteiger partial charge in [0.1, 0.15) is 5.54 Å². The molecule has 3 N–H and O–H groups in total. The van der Waals surface area contributed by atoms with Crippen molar-refractivity contribution in [1.29, 1.82) is 0 Å². The SMILES string of the molecule is CC(C)(O/N=S1\C=C(CC(=O)NC2(N=[N+]=[N-])CC(=O)N2)NC1=NC(c1ccccc1)(c1ccccc1)c1ccccc1)C(=O)OCC[Si](C)(C)C. The molecule has 0 aromatic heterocycles. The number of nitrogens with one attached hydrogen (secondary N) is 3. The minimum absolute atomic E-state index is 0.174. The number of carbonyl (C=O) groups excluding carboxylic acids is 3. The van der Waals surface area contributed by atoms with E-state index in [0.717, 1.165) is 22.7 Å². The van der Waals surface area contributed by atoms with Crippen molar-refractivity contribution >= 4 is 41.7 Å². The highest BCUT2D eigenvalue weighted by Crippen LogP contribution is 2.41. The summed E-state index contributed by atoms with van der Waals surface area (Å²) in [7, 11) is -2.67. The van der Waals surface area contributed by atoms with Gasteiger partial charge < -0.3 is 20.7 Å². The van der Waals surface area contributed by atoms with Crippen LogP contribution in [0.15, 0.2) is 117 Å². The van der Waals surface area contributed by atoms with E-state index in [0.29, 0.717) is 17.5 Å². The first kappa shape index (κ1) is 37.2. The Morgan fingerprint density at radius 1 is 0.961 bits per heavy atom. The third kappa shape index (κ3) is 8.99. The van der Waals surface area contributed by atoms with Gasteiger partial charge in [0, 0.05) is 34.8 Å². The van der Waals surface area contributed by atoms with Crippen molar-refractivity contribution in [2.75, 3.05) is 6.61 Å². The van der Waals surface area contributed by atoms with Crippen LogP contribution in [0.3, 0.4) is 0 Å². The molecule has 0 spiro atoms. The van der Waals surface area contributed by atoms with Crippen LogP contribution in [0, 0.1) is 0 Å². The first-order valence-electron chi connectivity index (χ1n) is 16.5. The molecule has 0 radical (unpaired) electrons. The third-order valence-electron chi connectivity index (χ3n) is 8.16. The van der Waals surface area contributed by atoms with E-state index < -0.39 is 47.6 Å². The Morgan fingerprint density at radius 2 is 1.49 bits per heavy atom. The first-order valence-corrected chi connectivity index (χ1v) is 21.4. The fraction of sp³-hybridized carbons (Fsp3) is 0.333. The van der Waals surface area contributed by atoms with Gasteiger partial charge in [-0.15, -0.1) is 0 Å². The number of esters is 1. The number of rotatable bonds is 14. The Balaban J connectivity index is 1.56. The van der Waals surface area contributed by atoms with Gasteiger partial charge in [-0.25, -0.2) is 14.6 Å². The monoisotopic (exact) mass is 726 g/mol. The molecule has 51 heavy (non-hydrogen) atoms. The Labute approximate surface area is 300 Å². The lowest BCUT2D eigenvalue weighted by Crippen LogP contribution is -2.69. The molecule has 1 saturated heterocycles. The second-order valence-corrected chi connectivity index (χ2v) is 21.0. The highest BCUT2D eigenvalue weighted by Gasteiger charge is 2.44. The van der Waals surface area contributed by atoms with Crippen LogP contribution in [-0.2, 0) is 40.2 Å². The van der Waals surface area contributed by atoms with E-state index in [1.54, 1.807) is 19.3 Å². The predicted molar refractivity (Wildman–Crippen MR) is 199 cm³/mol. The lowest BCUT2D eigenvalue weighted by molar-refractivity contribution is -0.167. The summed E-state index contributed by atoms with van der Waals surface area (Å²) in [5, 5.41) is 14.1. The molecule has 2 atom stereocenters. The largest absolute Gasteiger partial charge is 0.464 e. The summed E-state index contributed by atoms with van der Waals surface area (Å²) in [6.07, 6.45) is -0.361. The number of amides is 2. The fourth-order valence-corrected chi connectivity index (χ4v) is 7.52. The van der Waals surface area contributed by atoms with Crippen molar-refractivity contribution in [3.05, 3.63) is 129 Å². The van der Waals surface area contributed by atoms with Crippen LogP contribution in [0.25, 0.3) is 10.4 Å². The first-order chi connectivity index (χ1) is 24.3. The molecular weight excluding hydrogens is 685 g/mol. The third-order valence-corrected chi connectivity index (χ3v) is 11.2. The van der Waals surface area contributed by atoms with Gasteiger partial charge in [-0.2, -0.15) is 0 Å². The quantitative estimate of drug-likeness (QED) is 0.0262. The highest BCUT2D eigenvalue weighted by atomic mass is 32.2. The number of aliphatic imine (C=N–C) groups is 1. The number of nitrogens with zero attached hydrogens (tertiary/aromatic N) is 5. The number of carbonyl (C=O) groups is 3. The minimum atomic E-state index is -1.53. The van der Waals surface area contributed by atoms with Crippen molar-refractivity contribution < 1.29 is 24.0 Å². The zero-order chi connectivity index (χ0) is 36.7. The van der Waals surface area contributed by atoms with Gasteiger partial charge in [0.15, 0.2) is 10.8 Å². The zero-order valence-corrected chi connectivity index (χ0v) is 31.1. The average molecular weight is 727 g/mol. The van der Waals surface area contributed by atoms with Crippen LogP contribution < -0.4 is 16.0 Å². The van der Waals surface area contributed by atoms with Gasteiger partial charge in [-0.3, -0.25) is 9.59 Å². The minimum Gasteiger partial charge on any atom is -0.464 e. The van der Waals surface area contributed by atoms with Crippen molar-refractivity contribution in [2.45, 2.75) is 69.3 Å². The van der Waals surface area contributed by atoms with Gasteiger partial charge in [0.25, 0.3) is 0 Å². The number of azide groups is 1. The summed E-state index contributed by atoms with van der Waals surface area (Å²) in [6.45, 7) is 10.1. The Hall–Kier alpha value is -5.08. The molecule has 3 aromatic rings. The Morgan fingerprint density at radius 3 is 1.96 bits per heavy atom. The second-order valence-electron chi connectivity index (χ2n) is 13.9. The number of β-lactam (4-membered cyclic amide) rings is 1. The van der Waals surface area contributed by atoms with Crippen LogP contribution in [0.1, 0.15) is 43.4 Å². The topological polar surface area (TPSA) is 179 Å². The van der Waals surface area contributed by atoms with E-state index in [4.69, 9.17) is 20.1 Å². The summed E-state index contributed by atoms with van der Waals surface area (Å²) in [6, 6.07) is 30.4. The smallest absolute Gasteiger partial charge is 0.340 e. The number of hydrogen-bond acceptors (Lipinski definition) is 8. The molecule has 0 saturated carbocycles. The van der Waals surface area contributed by atoms with E-state index in [1.807, 2.05) is 91.0 Å². The average Bonchev–Trinajstić information content (AvgIpc) is 3.46. The van der Waals surface area contributed by atoms with E-state index >= 15 is 0 Å². The molecule has 2 aliphatic rings. The van der Waals surface area contributed by atoms with Crippen LogP contribution in [0.4, 0.5) is 0 Å². The van der Waals surface area contributed by atoms with Crippen LogP contribution in [-0.4, -0.2) is 49.0 Å². The molecule has 15 heteroatoms. The van der Waals surface area contributed by atoms with E-state index in [-0.39, 0.29) is 18.7 Å².